The molecule has 0 aromatic heterocycles. The molecular formula is C15H22ClNO. The SMILES string of the molecule is C=CCCC(C)Nc1cc(Cl)ccc1OCCC. The van der Waals surface area contributed by atoms with E-state index in [2.05, 4.69) is 25.7 Å². The largest absolute Gasteiger partial charge is 0.491 e. The van der Waals surface area contributed by atoms with E-state index in [4.69, 9.17) is 16.3 Å². The molecule has 1 aromatic carbocycles. The highest BCUT2D eigenvalue weighted by Crippen LogP contribution is 2.29. The molecule has 0 amide bonds. The summed E-state index contributed by atoms with van der Waals surface area (Å²) >= 11 is 6.03. The topological polar surface area (TPSA) is 21.3 Å². The highest BCUT2D eigenvalue weighted by atomic mass is 35.5. The molecule has 100 valence electrons. The second-order valence-electron chi connectivity index (χ2n) is 4.40. The summed E-state index contributed by atoms with van der Waals surface area (Å²) in [7, 11) is 0. The standard InChI is InChI=1S/C15H22ClNO/c1-4-6-7-12(3)17-14-11-13(16)8-9-15(14)18-10-5-2/h4,8-9,11-12,17H,1,5-7,10H2,2-3H3. The number of hydrogen-bond acceptors (Lipinski definition) is 2. The van der Waals surface area contributed by atoms with Crippen LogP contribution in [0.2, 0.25) is 5.02 Å². The summed E-state index contributed by atoms with van der Waals surface area (Å²) in [5, 5.41) is 4.16. The van der Waals surface area contributed by atoms with Gasteiger partial charge in [0.15, 0.2) is 0 Å². The predicted octanol–water partition coefficient (Wildman–Crippen LogP) is 4.90. The molecule has 0 bridgehead atoms. The van der Waals surface area contributed by atoms with Crippen LogP contribution in [0.4, 0.5) is 5.69 Å². The lowest BCUT2D eigenvalue weighted by atomic mass is 10.1. The Labute approximate surface area is 115 Å². The number of nitrogens with one attached hydrogen (secondary N) is 1. The fourth-order valence-corrected chi connectivity index (χ4v) is 1.83. The van der Waals surface area contributed by atoms with Crippen LogP contribution in [-0.4, -0.2) is 12.6 Å². The molecule has 1 N–H and O–H groups in total. The maximum atomic E-state index is 6.03. The first-order valence-corrected chi connectivity index (χ1v) is 6.85. The predicted molar refractivity (Wildman–Crippen MR) is 79.8 cm³/mol. The van der Waals surface area contributed by atoms with Gasteiger partial charge in [-0.1, -0.05) is 24.6 Å². The number of ether oxygens (including phenoxy) is 1. The van der Waals surface area contributed by atoms with Crippen molar-refractivity contribution in [2.45, 2.75) is 39.2 Å². The molecular weight excluding hydrogens is 246 g/mol. The third-order valence-electron chi connectivity index (χ3n) is 2.61. The Hall–Kier alpha value is -1.15. The van der Waals surface area contributed by atoms with Gasteiger partial charge in [-0.15, -0.1) is 6.58 Å². The van der Waals surface area contributed by atoms with Gasteiger partial charge >= 0.3 is 0 Å². The van der Waals surface area contributed by atoms with Gasteiger partial charge in [0, 0.05) is 11.1 Å². The van der Waals surface area contributed by atoms with Crippen LogP contribution < -0.4 is 10.1 Å². The number of benzene rings is 1. The van der Waals surface area contributed by atoms with Gasteiger partial charge in [-0.25, -0.2) is 0 Å². The lowest BCUT2D eigenvalue weighted by Gasteiger charge is -2.18. The molecule has 1 unspecified atom stereocenters. The van der Waals surface area contributed by atoms with Crippen LogP contribution in [0, 0.1) is 0 Å². The zero-order chi connectivity index (χ0) is 13.4. The van der Waals surface area contributed by atoms with Gasteiger partial charge in [-0.05, 0) is 44.4 Å². The molecule has 0 aliphatic heterocycles. The Kier molecular flexibility index (Phi) is 6.66. The summed E-state index contributed by atoms with van der Waals surface area (Å²) < 4.78 is 5.71. The number of allylic oxidation sites excluding steroid dienone is 1. The van der Waals surface area contributed by atoms with Crippen molar-refractivity contribution in [2.75, 3.05) is 11.9 Å². The van der Waals surface area contributed by atoms with E-state index in [1.807, 2.05) is 24.3 Å². The summed E-state index contributed by atoms with van der Waals surface area (Å²) in [6.45, 7) is 8.70. The molecule has 1 rings (SSSR count). The van der Waals surface area contributed by atoms with Gasteiger partial charge in [0.05, 0.1) is 12.3 Å². The van der Waals surface area contributed by atoms with Crippen molar-refractivity contribution in [3.8, 4) is 5.75 Å². The second-order valence-corrected chi connectivity index (χ2v) is 4.84. The molecule has 0 aliphatic carbocycles. The van der Waals surface area contributed by atoms with Gasteiger partial charge in [0.25, 0.3) is 0 Å². The summed E-state index contributed by atoms with van der Waals surface area (Å²) in [6.07, 6.45) is 4.97. The smallest absolute Gasteiger partial charge is 0.142 e. The molecule has 0 radical (unpaired) electrons. The Balaban J connectivity index is 2.71. The number of halogens is 1. The van der Waals surface area contributed by atoms with E-state index < -0.39 is 0 Å². The van der Waals surface area contributed by atoms with Gasteiger partial charge in [-0.3, -0.25) is 0 Å². The summed E-state index contributed by atoms with van der Waals surface area (Å²) in [4.78, 5) is 0. The molecule has 0 spiro atoms. The summed E-state index contributed by atoms with van der Waals surface area (Å²) in [6, 6.07) is 6.05. The van der Waals surface area contributed by atoms with E-state index in [-0.39, 0.29) is 0 Å². The minimum Gasteiger partial charge on any atom is -0.491 e. The van der Waals surface area contributed by atoms with E-state index in [0.29, 0.717) is 6.04 Å². The highest BCUT2D eigenvalue weighted by molar-refractivity contribution is 6.30. The molecule has 1 aromatic rings. The lowest BCUT2D eigenvalue weighted by molar-refractivity contribution is 0.318. The molecule has 18 heavy (non-hydrogen) atoms. The van der Waals surface area contributed by atoms with Crippen molar-refractivity contribution in [3.63, 3.8) is 0 Å². The zero-order valence-electron chi connectivity index (χ0n) is 11.2. The van der Waals surface area contributed by atoms with Crippen molar-refractivity contribution < 1.29 is 4.74 Å². The third-order valence-corrected chi connectivity index (χ3v) is 2.84. The van der Waals surface area contributed by atoms with Crippen molar-refractivity contribution in [1.82, 2.24) is 0 Å². The monoisotopic (exact) mass is 267 g/mol. The van der Waals surface area contributed by atoms with Gasteiger partial charge in [0.1, 0.15) is 5.75 Å². The fraction of sp³-hybridized carbons (Fsp3) is 0.467. The van der Waals surface area contributed by atoms with E-state index in [1.165, 1.54) is 0 Å². The second kappa shape index (κ2) is 8.04. The lowest BCUT2D eigenvalue weighted by Crippen LogP contribution is -2.15. The van der Waals surface area contributed by atoms with E-state index in [9.17, 15) is 0 Å². The van der Waals surface area contributed by atoms with Crippen LogP contribution >= 0.6 is 11.6 Å². The minimum absolute atomic E-state index is 0.366. The molecule has 2 nitrogen and oxygen atoms in total. The van der Waals surface area contributed by atoms with E-state index in [0.717, 1.165) is 42.3 Å². The summed E-state index contributed by atoms with van der Waals surface area (Å²) in [5.74, 6) is 0.867. The Morgan fingerprint density at radius 1 is 1.50 bits per heavy atom. The van der Waals surface area contributed by atoms with E-state index in [1.54, 1.807) is 0 Å². The molecule has 0 heterocycles. The Bertz CT molecular complexity index is 379. The maximum absolute atomic E-state index is 6.03. The number of hydrogen-bond donors (Lipinski definition) is 1. The Morgan fingerprint density at radius 2 is 2.28 bits per heavy atom. The summed E-state index contributed by atoms with van der Waals surface area (Å²) in [5.41, 5.74) is 0.965. The van der Waals surface area contributed by atoms with Crippen LogP contribution in [0.5, 0.6) is 5.75 Å². The van der Waals surface area contributed by atoms with Crippen molar-refractivity contribution in [3.05, 3.63) is 35.9 Å². The number of anilines is 1. The first-order chi connectivity index (χ1) is 8.67. The highest BCUT2D eigenvalue weighted by Gasteiger charge is 2.07. The fourth-order valence-electron chi connectivity index (χ4n) is 1.66. The third kappa shape index (κ3) is 5.01. The minimum atomic E-state index is 0.366. The maximum Gasteiger partial charge on any atom is 0.142 e. The quantitative estimate of drug-likeness (QED) is 0.677. The molecule has 0 saturated heterocycles. The molecule has 0 fully saturated rings. The van der Waals surface area contributed by atoms with Gasteiger partial charge in [-0.2, -0.15) is 0 Å². The van der Waals surface area contributed by atoms with Crippen molar-refractivity contribution in [1.29, 1.82) is 0 Å². The van der Waals surface area contributed by atoms with Crippen LogP contribution in [0.1, 0.15) is 33.1 Å². The first kappa shape index (κ1) is 14.9. The van der Waals surface area contributed by atoms with Crippen LogP contribution in [0.25, 0.3) is 0 Å². The number of rotatable bonds is 8. The zero-order valence-corrected chi connectivity index (χ0v) is 12.0. The normalized spacial score (nSPS) is 11.9. The van der Waals surface area contributed by atoms with Crippen LogP contribution in [0.15, 0.2) is 30.9 Å². The average Bonchev–Trinajstić information content (AvgIpc) is 2.35. The van der Waals surface area contributed by atoms with Crippen molar-refractivity contribution in [2.24, 2.45) is 0 Å². The van der Waals surface area contributed by atoms with Gasteiger partial charge < -0.3 is 10.1 Å². The van der Waals surface area contributed by atoms with E-state index >= 15 is 0 Å². The Morgan fingerprint density at radius 3 is 2.94 bits per heavy atom. The molecule has 0 aliphatic rings. The van der Waals surface area contributed by atoms with Gasteiger partial charge in [0.2, 0.25) is 0 Å². The van der Waals surface area contributed by atoms with Crippen LogP contribution in [0.3, 0.4) is 0 Å². The molecule has 0 saturated carbocycles. The average molecular weight is 268 g/mol. The molecule has 3 heteroatoms. The first-order valence-electron chi connectivity index (χ1n) is 6.47. The van der Waals surface area contributed by atoms with Crippen molar-refractivity contribution >= 4 is 17.3 Å². The van der Waals surface area contributed by atoms with Crippen LogP contribution in [-0.2, 0) is 0 Å². The molecule has 1 atom stereocenters.